The Morgan fingerprint density at radius 3 is 2.97 bits per heavy atom. The smallest absolute Gasteiger partial charge is 0.352 e. The first-order valence-corrected chi connectivity index (χ1v) is 12.6. The Hall–Kier alpha value is -3.91. The average molecular weight is 530 g/mol. The average Bonchev–Trinajstić information content (AvgIpc) is 3.44. The number of fused-ring (bicyclic) bond motifs is 2. The molecule has 1 saturated heterocycles. The second kappa shape index (κ2) is 9.28. The Morgan fingerprint density at radius 1 is 1.47 bits per heavy atom. The minimum absolute atomic E-state index is 0.0736. The molecule has 3 aromatic rings. The van der Waals surface area contributed by atoms with Gasteiger partial charge in [-0.2, -0.15) is 4.57 Å². The van der Waals surface area contributed by atoms with Gasteiger partial charge in [0.05, 0.1) is 0 Å². The molecule has 2 aliphatic rings. The summed E-state index contributed by atoms with van der Waals surface area (Å²) in [5.41, 5.74) is 6.92. The van der Waals surface area contributed by atoms with Crippen molar-refractivity contribution in [2.75, 3.05) is 18.6 Å². The first kappa shape index (κ1) is 23.8. The van der Waals surface area contributed by atoms with Crippen molar-refractivity contribution in [2.45, 2.75) is 24.9 Å². The Morgan fingerprint density at radius 2 is 2.28 bits per heavy atom. The molecule has 186 valence electrons. The van der Waals surface area contributed by atoms with Crippen molar-refractivity contribution in [3.05, 3.63) is 52.6 Å². The molecule has 2 amide bonds. The lowest BCUT2D eigenvalue weighted by Gasteiger charge is -2.49. The van der Waals surface area contributed by atoms with Gasteiger partial charge >= 0.3 is 5.97 Å². The zero-order valence-corrected chi connectivity index (χ0v) is 20.8. The number of hydrogen-bond donors (Lipinski definition) is 3. The number of carboxylic acid groups (broad SMARTS) is 1. The van der Waals surface area contributed by atoms with Crippen LogP contribution in [0.1, 0.15) is 11.5 Å². The van der Waals surface area contributed by atoms with Gasteiger partial charge in [-0.3, -0.25) is 14.5 Å². The molecular formula is C22H21N6O6S2+. The zero-order valence-electron chi connectivity index (χ0n) is 19.1. The van der Waals surface area contributed by atoms with Crippen LogP contribution >= 0.6 is 23.1 Å². The van der Waals surface area contributed by atoms with E-state index in [2.05, 4.69) is 15.5 Å². The van der Waals surface area contributed by atoms with Gasteiger partial charge in [0.1, 0.15) is 35.7 Å². The highest BCUT2D eigenvalue weighted by Gasteiger charge is 2.54. The van der Waals surface area contributed by atoms with Crippen molar-refractivity contribution in [1.82, 2.24) is 15.2 Å². The van der Waals surface area contributed by atoms with E-state index in [9.17, 15) is 19.5 Å². The molecule has 14 heteroatoms. The van der Waals surface area contributed by atoms with Gasteiger partial charge in [0.2, 0.25) is 6.20 Å². The van der Waals surface area contributed by atoms with Gasteiger partial charge in [0, 0.05) is 28.2 Å². The van der Waals surface area contributed by atoms with Crippen LogP contribution in [-0.2, 0) is 25.8 Å². The van der Waals surface area contributed by atoms with Gasteiger partial charge in [-0.1, -0.05) is 5.16 Å². The molecule has 0 aliphatic carbocycles. The second-order valence-corrected chi connectivity index (χ2v) is 10.1. The van der Waals surface area contributed by atoms with Crippen molar-refractivity contribution in [3.8, 4) is 0 Å². The van der Waals surface area contributed by atoms with Crippen LogP contribution in [0.25, 0.3) is 11.0 Å². The summed E-state index contributed by atoms with van der Waals surface area (Å²) in [6.45, 7) is 2.13. The SMILES string of the molecule is CON=C(C(=O)NC1C(=O)N2C(C(=O)O)=C(C[n+]3ccc4cc(C)oc4c3)CS[C@@H]12)c1csc(N)n1. The highest BCUT2D eigenvalue weighted by Crippen LogP contribution is 2.40. The third-order valence-corrected chi connectivity index (χ3v) is 7.73. The van der Waals surface area contributed by atoms with Crippen LogP contribution in [-0.4, -0.2) is 62.8 Å². The number of nitrogens with zero attached hydrogens (tertiary/aromatic N) is 4. The number of oxime groups is 1. The first-order valence-electron chi connectivity index (χ1n) is 10.7. The fourth-order valence-corrected chi connectivity index (χ4v) is 6.06. The van der Waals surface area contributed by atoms with Gasteiger partial charge < -0.3 is 25.4 Å². The predicted octanol–water partition coefficient (Wildman–Crippen LogP) is 0.857. The normalized spacial score (nSPS) is 19.8. The van der Waals surface area contributed by atoms with E-state index in [1.54, 1.807) is 11.6 Å². The molecule has 0 saturated carbocycles. The number of nitrogens with one attached hydrogen (secondary N) is 1. The maximum atomic E-state index is 13.0. The third kappa shape index (κ3) is 4.18. The quantitative estimate of drug-likeness (QED) is 0.174. The summed E-state index contributed by atoms with van der Waals surface area (Å²) >= 11 is 2.51. The largest absolute Gasteiger partial charge is 0.477 e. The highest BCUT2D eigenvalue weighted by atomic mass is 32.2. The number of β-lactam (4-membered cyclic amide) rings is 1. The van der Waals surface area contributed by atoms with Gasteiger partial charge in [-0.25, -0.2) is 9.78 Å². The summed E-state index contributed by atoms with van der Waals surface area (Å²) in [4.78, 5) is 48.1. The van der Waals surface area contributed by atoms with E-state index in [0.29, 0.717) is 16.9 Å². The Balaban J connectivity index is 1.36. The number of amides is 2. The van der Waals surface area contributed by atoms with Crippen molar-refractivity contribution in [3.63, 3.8) is 0 Å². The fourth-order valence-electron chi connectivity index (χ4n) is 4.18. The van der Waals surface area contributed by atoms with Crippen molar-refractivity contribution >= 4 is 62.7 Å². The number of carboxylic acids is 1. The van der Waals surface area contributed by atoms with E-state index >= 15 is 0 Å². The molecule has 3 aromatic heterocycles. The minimum Gasteiger partial charge on any atom is -0.477 e. The number of anilines is 1. The summed E-state index contributed by atoms with van der Waals surface area (Å²) in [5, 5.41) is 18.5. The number of nitrogen functional groups attached to an aromatic ring is 1. The van der Waals surface area contributed by atoms with E-state index in [0.717, 1.165) is 22.5 Å². The number of aliphatic carboxylic acids is 1. The molecular weight excluding hydrogens is 508 g/mol. The molecule has 2 aliphatic heterocycles. The molecule has 0 radical (unpaired) electrons. The molecule has 1 unspecified atom stereocenters. The van der Waals surface area contributed by atoms with E-state index in [1.165, 1.54) is 23.8 Å². The Kier molecular flexibility index (Phi) is 6.14. The van der Waals surface area contributed by atoms with E-state index in [4.69, 9.17) is 15.0 Å². The maximum Gasteiger partial charge on any atom is 0.352 e. The Labute approximate surface area is 212 Å². The summed E-state index contributed by atoms with van der Waals surface area (Å²) in [6.07, 6.45) is 3.64. The molecule has 4 N–H and O–H groups in total. The fraction of sp³-hybridized carbons (Fsp3) is 0.273. The number of furan rings is 1. The standard InChI is InChI=1S/C22H20N6O6S2/c1-10-5-11-3-4-27(7-14(11)34-10)6-12-8-35-20-16(19(30)28(20)17(12)21(31)32)25-18(29)15(26-33-2)13-9-36-22(23)24-13/h3-5,7,9,16,20H,6,8H2,1-2H3,(H3-,23,24,25,29,31,32)/p+1/t16?,20-/m0/s1. The van der Waals surface area contributed by atoms with Gasteiger partial charge in [0.15, 0.2) is 29.2 Å². The summed E-state index contributed by atoms with van der Waals surface area (Å²) in [6, 6.07) is 2.88. The van der Waals surface area contributed by atoms with Crippen LogP contribution in [0, 0.1) is 6.92 Å². The Bertz CT molecular complexity index is 1460. The number of rotatable bonds is 7. The molecule has 36 heavy (non-hydrogen) atoms. The zero-order chi connectivity index (χ0) is 25.6. The van der Waals surface area contributed by atoms with Gasteiger partial charge in [-0.05, 0) is 13.0 Å². The maximum absolute atomic E-state index is 13.0. The number of nitrogens with two attached hydrogens (primary N) is 1. The van der Waals surface area contributed by atoms with E-state index < -0.39 is 29.2 Å². The van der Waals surface area contributed by atoms with Crippen LogP contribution in [0.3, 0.4) is 0 Å². The van der Waals surface area contributed by atoms with E-state index in [1.807, 2.05) is 29.8 Å². The topological polar surface area (TPSA) is 164 Å². The molecule has 12 nitrogen and oxygen atoms in total. The van der Waals surface area contributed by atoms with Crippen molar-refractivity contribution < 1.29 is 33.3 Å². The number of thiazole rings is 1. The van der Waals surface area contributed by atoms with Crippen molar-refractivity contribution in [1.29, 1.82) is 0 Å². The van der Waals surface area contributed by atoms with Crippen LogP contribution in [0.2, 0.25) is 0 Å². The van der Waals surface area contributed by atoms with Crippen molar-refractivity contribution in [2.24, 2.45) is 5.16 Å². The number of hydrogen-bond acceptors (Lipinski definition) is 10. The molecule has 1 fully saturated rings. The number of thioether (sulfide) groups is 1. The number of aryl methyl sites for hydroxylation is 1. The van der Waals surface area contributed by atoms with Gasteiger partial charge in [-0.15, -0.1) is 23.1 Å². The second-order valence-electron chi connectivity index (χ2n) is 8.11. The lowest BCUT2D eigenvalue weighted by atomic mass is 10.0. The summed E-state index contributed by atoms with van der Waals surface area (Å²) in [7, 11) is 1.28. The summed E-state index contributed by atoms with van der Waals surface area (Å²) < 4.78 is 7.49. The van der Waals surface area contributed by atoms with Crippen LogP contribution in [0.4, 0.5) is 5.13 Å². The monoisotopic (exact) mass is 529 g/mol. The van der Waals surface area contributed by atoms with Crippen LogP contribution in [0.15, 0.2) is 50.7 Å². The number of pyridine rings is 1. The highest BCUT2D eigenvalue weighted by molar-refractivity contribution is 8.00. The predicted molar refractivity (Wildman–Crippen MR) is 131 cm³/mol. The van der Waals surface area contributed by atoms with E-state index in [-0.39, 0.29) is 28.8 Å². The lowest BCUT2D eigenvalue weighted by Crippen LogP contribution is -2.71. The molecule has 0 bridgehead atoms. The minimum atomic E-state index is -1.21. The third-order valence-electron chi connectivity index (χ3n) is 5.71. The number of carbonyl (C=O) groups excluding carboxylic acids is 2. The van der Waals surface area contributed by atoms with Crippen LogP contribution in [0.5, 0.6) is 0 Å². The number of aromatic nitrogens is 2. The molecule has 2 atom stereocenters. The first-order chi connectivity index (χ1) is 17.3. The molecule has 5 rings (SSSR count). The molecule has 0 aromatic carbocycles. The molecule has 0 spiro atoms. The van der Waals surface area contributed by atoms with Gasteiger partial charge in [0.25, 0.3) is 11.8 Å². The lowest BCUT2D eigenvalue weighted by molar-refractivity contribution is -0.688. The van der Waals surface area contributed by atoms with Crippen LogP contribution < -0.4 is 15.6 Å². The number of carbonyl (C=O) groups is 3. The summed E-state index contributed by atoms with van der Waals surface area (Å²) in [5.74, 6) is -1.26. The molecule has 5 heterocycles.